The summed E-state index contributed by atoms with van der Waals surface area (Å²) in [4.78, 5) is 27.2. The van der Waals surface area contributed by atoms with Crippen LogP contribution in [0.15, 0.2) is 36.5 Å². The van der Waals surface area contributed by atoms with E-state index in [0.29, 0.717) is 26.1 Å². The molecule has 2 aromatic rings. The fourth-order valence-corrected chi connectivity index (χ4v) is 3.00. The van der Waals surface area contributed by atoms with E-state index in [0.717, 1.165) is 18.3 Å². The van der Waals surface area contributed by atoms with E-state index in [1.54, 1.807) is 0 Å². The Morgan fingerprint density at radius 3 is 2.46 bits per heavy atom. The second-order valence-corrected chi connectivity index (χ2v) is 6.01. The topological polar surface area (TPSA) is 88.5 Å². The number of carbonyl (C=O) groups is 2. The number of hydrogen-bond acceptors (Lipinski definition) is 4. The van der Waals surface area contributed by atoms with Gasteiger partial charge in [0.2, 0.25) is 0 Å². The van der Waals surface area contributed by atoms with E-state index < -0.39 is 29.0 Å². The van der Waals surface area contributed by atoms with Gasteiger partial charge in [0.1, 0.15) is 17.3 Å². The van der Waals surface area contributed by atoms with Gasteiger partial charge in [-0.3, -0.25) is 4.79 Å². The summed E-state index contributed by atoms with van der Waals surface area (Å²) >= 11 is 0. The molecule has 2 N–H and O–H groups in total. The molecule has 1 amide bonds. The Bertz CT molecular complexity index is 834. The molecular formula is C18H16F2N2O4. The molecule has 1 aliphatic heterocycles. The normalized spacial score (nSPS) is 16.1. The summed E-state index contributed by atoms with van der Waals surface area (Å²) < 4.78 is 32.9. The molecule has 1 aromatic carbocycles. The Morgan fingerprint density at radius 1 is 1.15 bits per heavy atom. The summed E-state index contributed by atoms with van der Waals surface area (Å²) in [5.41, 5.74) is -0.903. The summed E-state index contributed by atoms with van der Waals surface area (Å²) in [5.74, 6) is -3.17. The molecule has 1 aliphatic rings. The number of halogens is 2. The van der Waals surface area contributed by atoms with E-state index in [9.17, 15) is 18.4 Å². The number of carbonyl (C=O) groups excluding carboxylic acids is 1. The number of hydrogen-bond donors (Lipinski definition) is 2. The Morgan fingerprint density at radius 2 is 1.88 bits per heavy atom. The first-order valence-corrected chi connectivity index (χ1v) is 7.96. The van der Waals surface area contributed by atoms with Crippen LogP contribution in [0, 0.1) is 11.6 Å². The highest BCUT2D eigenvalue weighted by atomic mass is 19.1. The van der Waals surface area contributed by atoms with Crippen LogP contribution in [-0.2, 0) is 10.3 Å². The lowest BCUT2D eigenvalue weighted by Crippen LogP contribution is -2.50. The Hall–Kier alpha value is -2.87. The molecule has 8 heteroatoms. The van der Waals surface area contributed by atoms with Gasteiger partial charge in [0, 0.05) is 31.0 Å². The highest BCUT2D eigenvalue weighted by Gasteiger charge is 2.38. The van der Waals surface area contributed by atoms with Crippen LogP contribution >= 0.6 is 0 Å². The molecule has 0 spiro atoms. The van der Waals surface area contributed by atoms with Crippen LogP contribution in [0.4, 0.5) is 8.78 Å². The smallest absolute Gasteiger partial charge is 0.354 e. The number of nitrogens with one attached hydrogen (secondary N) is 1. The fraction of sp³-hybridized carbons (Fsp3) is 0.278. The Kier molecular flexibility index (Phi) is 4.94. The second-order valence-electron chi connectivity index (χ2n) is 6.01. The summed E-state index contributed by atoms with van der Waals surface area (Å²) in [5, 5.41) is 11.7. The molecule has 0 saturated carbocycles. The molecule has 1 saturated heterocycles. The molecule has 2 heterocycles. The van der Waals surface area contributed by atoms with Crippen molar-refractivity contribution in [3.63, 3.8) is 0 Å². The lowest BCUT2D eigenvalue weighted by atomic mass is 9.82. The molecular weight excluding hydrogens is 346 g/mol. The van der Waals surface area contributed by atoms with E-state index in [1.807, 2.05) is 0 Å². The fourth-order valence-electron chi connectivity index (χ4n) is 3.00. The number of nitrogens with zero attached hydrogens (tertiary/aromatic N) is 1. The first-order valence-electron chi connectivity index (χ1n) is 7.96. The summed E-state index contributed by atoms with van der Waals surface area (Å²) in [7, 11) is 0. The number of pyridine rings is 1. The number of carboxylic acids is 1. The zero-order chi connectivity index (χ0) is 18.7. The molecule has 0 bridgehead atoms. The van der Waals surface area contributed by atoms with Crippen molar-refractivity contribution in [3.05, 3.63) is 65.0 Å². The van der Waals surface area contributed by atoms with Gasteiger partial charge in [-0.15, -0.1) is 0 Å². The van der Waals surface area contributed by atoms with Gasteiger partial charge in [0.25, 0.3) is 5.91 Å². The van der Waals surface area contributed by atoms with Crippen molar-refractivity contribution in [2.75, 3.05) is 13.2 Å². The third-order valence-electron chi connectivity index (χ3n) is 4.39. The number of aromatic nitrogens is 1. The molecule has 26 heavy (non-hydrogen) atoms. The molecule has 0 atom stereocenters. The summed E-state index contributed by atoms with van der Waals surface area (Å²) in [6, 6.07) is 5.79. The average molecular weight is 362 g/mol. The molecule has 6 nitrogen and oxygen atoms in total. The number of carboxylic acid groups (broad SMARTS) is 1. The lowest BCUT2D eigenvalue weighted by molar-refractivity contribution is 0.0332. The molecule has 3 rings (SSSR count). The van der Waals surface area contributed by atoms with Gasteiger partial charge in [0.15, 0.2) is 0 Å². The van der Waals surface area contributed by atoms with Crippen LogP contribution in [0.3, 0.4) is 0 Å². The molecule has 1 aromatic heterocycles. The number of ether oxygens (including phenoxy) is 1. The van der Waals surface area contributed by atoms with E-state index in [2.05, 4.69) is 10.3 Å². The number of amides is 1. The minimum atomic E-state index is -1.20. The van der Waals surface area contributed by atoms with E-state index >= 15 is 0 Å². The van der Waals surface area contributed by atoms with E-state index in [4.69, 9.17) is 9.84 Å². The molecule has 1 fully saturated rings. The van der Waals surface area contributed by atoms with Crippen LogP contribution in [0.2, 0.25) is 0 Å². The van der Waals surface area contributed by atoms with Gasteiger partial charge in [0.05, 0.1) is 11.1 Å². The van der Waals surface area contributed by atoms with Gasteiger partial charge >= 0.3 is 5.97 Å². The van der Waals surface area contributed by atoms with Crippen molar-refractivity contribution in [2.24, 2.45) is 0 Å². The summed E-state index contributed by atoms with van der Waals surface area (Å²) in [6.45, 7) is 0.626. The number of rotatable bonds is 4. The zero-order valence-electron chi connectivity index (χ0n) is 13.7. The predicted octanol–water partition coefficient (Wildman–Crippen LogP) is 2.49. The van der Waals surface area contributed by atoms with Crippen molar-refractivity contribution in [1.29, 1.82) is 0 Å². The van der Waals surface area contributed by atoms with Crippen molar-refractivity contribution >= 4 is 11.9 Å². The second kappa shape index (κ2) is 7.17. The molecule has 136 valence electrons. The van der Waals surface area contributed by atoms with Crippen molar-refractivity contribution in [2.45, 2.75) is 18.4 Å². The highest BCUT2D eigenvalue weighted by Crippen LogP contribution is 2.34. The van der Waals surface area contributed by atoms with Crippen LogP contribution in [0.25, 0.3) is 0 Å². The molecule has 0 unspecified atom stereocenters. The highest BCUT2D eigenvalue weighted by molar-refractivity contribution is 5.95. The van der Waals surface area contributed by atoms with Crippen molar-refractivity contribution < 1.29 is 28.2 Å². The Balaban J connectivity index is 1.91. The molecule has 0 radical (unpaired) electrons. The van der Waals surface area contributed by atoms with Gasteiger partial charge in [-0.1, -0.05) is 6.07 Å². The number of benzene rings is 1. The van der Waals surface area contributed by atoms with Crippen LogP contribution in [0.5, 0.6) is 0 Å². The first-order chi connectivity index (χ1) is 12.4. The van der Waals surface area contributed by atoms with Gasteiger partial charge in [-0.25, -0.2) is 18.6 Å². The molecule has 0 aliphatic carbocycles. The predicted molar refractivity (Wildman–Crippen MR) is 86.8 cm³/mol. The minimum Gasteiger partial charge on any atom is -0.477 e. The third-order valence-corrected chi connectivity index (χ3v) is 4.39. The maximum Gasteiger partial charge on any atom is 0.354 e. The first kappa shape index (κ1) is 17.9. The van der Waals surface area contributed by atoms with Crippen molar-refractivity contribution in [3.8, 4) is 0 Å². The van der Waals surface area contributed by atoms with E-state index in [1.165, 1.54) is 18.2 Å². The van der Waals surface area contributed by atoms with Gasteiger partial charge in [-0.05, 0) is 31.0 Å². The van der Waals surface area contributed by atoms with Crippen LogP contribution in [-0.4, -0.2) is 35.2 Å². The van der Waals surface area contributed by atoms with Gasteiger partial charge < -0.3 is 15.2 Å². The average Bonchev–Trinajstić information content (AvgIpc) is 2.62. The van der Waals surface area contributed by atoms with Crippen LogP contribution < -0.4 is 5.32 Å². The van der Waals surface area contributed by atoms with E-state index in [-0.39, 0.29) is 16.8 Å². The maximum absolute atomic E-state index is 14.4. The summed E-state index contributed by atoms with van der Waals surface area (Å²) in [6.07, 6.45) is 1.79. The standard InChI is InChI=1S/C18H16F2N2O4/c19-12-2-3-13(14(20)9-12)18(5-7-26-8-6-18)22-16(23)11-1-4-15(17(24)25)21-10-11/h1-4,9-10H,5-8H2,(H,22,23)(H,24,25). The quantitative estimate of drug-likeness (QED) is 0.872. The largest absolute Gasteiger partial charge is 0.477 e. The third kappa shape index (κ3) is 3.55. The lowest BCUT2D eigenvalue weighted by Gasteiger charge is -2.38. The zero-order valence-corrected chi connectivity index (χ0v) is 13.7. The SMILES string of the molecule is O=C(NC1(c2ccc(F)cc2F)CCOCC1)c1ccc(C(=O)O)nc1. The maximum atomic E-state index is 14.4. The number of aromatic carboxylic acids is 1. The minimum absolute atomic E-state index is 0.142. The van der Waals surface area contributed by atoms with Gasteiger partial charge in [-0.2, -0.15) is 0 Å². The van der Waals surface area contributed by atoms with Crippen LogP contribution in [0.1, 0.15) is 39.3 Å². The monoisotopic (exact) mass is 362 g/mol. The Labute approximate surface area is 147 Å². The van der Waals surface area contributed by atoms with Crippen molar-refractivity contribution in [1.82, 2.24) is 10.3 Å².